The molecule has 0 amide bonds. The van der Waals surface area contributed by atoms with Gasteiger partial charge in [0.1, 0.15) is 0 Å². The van der Waals surface area contributed by atoms with E-state index in [-0.39, 0.29) is 11.9 Å². The predicted molar refractivity (Wildman–Crippen MR) is 118 cm³/mol. The molecule has 0 aliphatic heterocycles. The molecule has 0 aliphatic rings. The van der Waals surface area contributed by atoms with Gasteiger partial charge in [-0.1, -0.05) is 85.0 Å². The highest BCUT2D eigenvalue weighted by Gasteiger charge is 2.12. The van der Waals surface area contributed by atoms with Crippen molar-refractivity contribution in [1.82, 2.24) is 0 Å². The topological polar surface area (TPSA) is 52.6 Å². The Kier molecular flexibility index (Phi) is 13.9. The van der Waals surface area contributed by atoms with Crippen molar-refractivity contribution in [3.63, 3.8) is 0 Å². The molecular weight excluding hydrogens is 364 g/mol. The quantitative estimate of drug-likeness (QED) is 0.220. The number of benzene rings is 1. The van der Waals surface area contributed by atoms with E-state index in [9.17, 15) is 9.59 Å². The SMILES string of the molecule is CCCCCCCCCCCOC(=O)c1ccc(C(=O)OCC(CC)CC)cc1. The number of hydrogen-bond acceptors (Lipinski definition) is 4. The summed E-state index contributed by atoms with van der Waals surface area (Å²) < 4.78 is 10.7. The average molecular weight is 405 g/mol. The first kappa shape index (κ1) is 25.2. The summed E-state index contributed by atoms with van der Waals surface area (Å²) in [6.07, 6.45) is 13.1. The first-order valence-corrected chi connectivity index (χ1v) is 11.6. The van der Waals surface area contributed by atoms with Gasteiger partial charge in [-0.05, 0) is 36.6 Å². The molecule has 1 aromatic rings. The summed E-state index contributed by atoms with van der Waals surface area (Å²) in [7, 11) is 0. The third kappa shape index (κ3) is 11.1. The minimum absolute atomic E-state index is 0.332. The monoisotopic (exact) mass is 404 g/mol. The van der Waals surface area contributed by atoms with Crippen molar-refractivity contribution in [1.29, 1.82) is 0 Å². The Labute approximate surface area is 177 Å². The highest BCUT2D eigenvalue weighted by molar-refractivity contribution is 5.93. The second kappa shape index (κ2) is 16.0. The van der Waals surface area contributed by atoms with Gasteiger partial charge in [0, 0.05) is 0 Å². The second-order valence-corrected chi connectivity index (χ2v) is 7.82. The molecule has 1 rings (SSSR count). The molecule has 4 heteroatoms. The van der Waals surface area contributed by atoms with Crippen molar-refractivity contribution in [2.45, 2.75) is 91.4 Å². The van der Waals surface area contributed by atoms with Crippen molar-refractivity contribution in [3.8, 4) is 0 Å². The van der Waals surface area contributed by atoms with Crippen LogP contribution in [0.2, 0.25) is 0 Å². The zero-order valence-electron chi connectivity index (χ0n) is 18.7. The average Bonchev–Trinajstić information content (AvgIpc) is 2.75. The molecule has 29 heavy (non-hydrogen) atoms. The largest absolute Gasteiger partial charge is 0.462 e. The van der Waals surface area contributed by atoms with E-state index in [2.05, 4.69) is 20.8 Å². The molecule has 0 unspecified atom stereocenters. The maximum absolute atomic E-state index is 12.1. The third-order valence-corrected chi connectivity index (χ3v) is 5.44. The first-order valence-electron chi connectivity index (χ1n) is 11.6. The summed E-state index contributed by atoms with van der Waals surface area (Å²) in [6, 6.07) is 6.52. The zero-order chi connectivity index (χ0) is 21.3. The van der Waals surface area contributed by atoms with E-state index in [1.807, 2.05) is 0 Å². The molecule has 0 saturated heterocycles. The maximum Gasteiger partial charge on any atom is 0.338 e. The Morgan fingerprint density at radius 1 is 0.690 bits per heavy atom. The molecule has 0 atom stereocenters. The number of carbonyl (C=O) groups is 2. The molecule has 4 nitrogen and oxygen atoms in total. The van der Waals surface area contributed by atoms with Crippen molar-refractivity contribution in [2.75, 3.05) is 13.2 Å². The molecule has 0 heterocycles. The van der Waals surface area contributed by atoms with Gasteiger partial charge in [-0.15, -0.1) is 0 Å². The van der Waals surface area contributed by atoms with E-state index >= 15 is 0 Å². The number of carbonyl (C=O) groups excluding carboxylic acids is 2. The van der Waals surface area contributed by atoms with Crippen LogP contribution in [0.3, 0.4) is 0 Å². The van der Waals surface area contributed by atoms with Crippen LogP contribution in [-0.4, -0.2) is 25.2 Å². The van der Waals surface area contributed by atoms with Gasteiger partial charge in [0.15, 0.2) is 0 Å². The van der Waals surface area contributed by atoms with Crippen LogP contribution in [0.4, 0.5) is 0 Å². The van der Waals surface area contributed by atoms with Gasteiger partial charge >= 0.3 is 11.9 Å². The van der Waals surface area contributed by atoms with E-state index in [0.717, 1.165) is 25.7 Å². The van der Waals surface area contributed by atoms with E-state index in [1.54, 1.807) is 24.3 Å². The fourth-order valence-corrected chi connectivity index (χ4v) is 3.20. The zero-order valence-corrected chi connectivity index (χ0v) is 18.7. The van der Waals surface area contributed by atoms with Gasteiger partial charge in [-0.3, -0.25) is 0 Å². The molecule has 0 aromatic heterocycles. The smallest absolute Gasteiger partial charge is 0.338 e. The molecule has 1 aromatic carbocycles. The Morgan fingerprint density at radius 2 is 1.14 bits per heavy atom. The lowest BCUT2D eigenvalue weighted by atomic mass is 10.1. The summed E-state index contributed by atoms with van der Waals surface area (Å²) in [5, 5.41) is 0. The summed E-state index contributed by atoms with van der Waals surface area (Å²) in [6.45, 7) is 7.32. The van der Waals surface area contributed by atoms with Crippen LogP contribution in [0, 0.1) is 5.92 Å². The number of esters is 2. The lowest BCUT2D eigenvalue weighted by Crippen LogP contribution is -2.13. The highest BCUT2D eigenvalue weighted by atomic mass is 16.5. The second-order valence-electron chi connectivity index (χ2n) is 7.82. The van der Waals surface area contributed by atoms with Crippen molar-refractivity contribution in [2.24, 2.45) is 5.92 Å². The number of hydrogen-bond donors (Lipinski definition) is 0. The summed E-state index contributed by atoms with van der Waals surface area (Å²) >= 11 is 0. The summed E-state index contributed by atoms with van der Waals surface area (Å²) in [5.41, 5.74) is 0.934. The predicted octanol–water partition coefficient (Wildman–Crippen LogP) is 6.97. The van der Waals surface area contributed by atoms with E-state index in [0.29, 0.717) is 30.3 Å². The van der Waals surface area contributed by atoms with Gasteiger partial charge in [-0.25, -0.2) is 9.59 Å². The van der Waals surface area contributed by atoms with Crippen molar-refractivity contribution < 1.29 is 19.1 Å². The molecule has 0 N–H and O–H groups in total. The van der Waals surface area contributed by atoms with Gasteiger partial charge in [0.25, 0.3) is 0 Å². The lowest BCUT2D eigenvalue weighted by molar-refractivity contribution is 0.0430. The highest BCUT2D eigenvalue weighted by Crippen LogP contribution is 2.12. The Morgan fingerprint density at radius 3 is 1.62 bits per heavy atom. The van der Waals surface area contributed by atoms with E-state index in [4.69, 9.17) is 9.47 Å². The maximum atomic E-state index is 12.1. The molecule has 0 spiro atoms. The van der Waals surface area contributed by atoms with Crippen LogP contribution >= 0.6 is 0 Å². The minimum Gasteiger partial charge on any atom is -0.462 e. The van der Waals surface area contributed by atoms with Crippen LogP contribution < -0.4 is 0 Å². The summed E-state index contributed by atoms with van der Waals surface area (Å²) in [4.78, 5) is 24.2. The van der Waals surface area contributed by atoms with Crippen LogP contribution in [0.5, 0.6) is 0 Å². The normalized spacial score (nSPS) is 10.9. The van der Waals surface area contributed by atoms with Gasteiger partial charge in [0.05, 0.1) is 24.3 Å². The van der Waals surface area contributed by atoms with Crippen LogP contribution in [-0.2, 0) is 9.47 Å². The number of ether oxygens (including phenoxy) is 2. The van der Waals surface area contributed by atoms with Gasteiger partial charge in [0.2, 0.25) is 0 Å². The molecule has 0 radical (unpaired) electrons. The third-order valence-electron chi connectivity index (χ3n) is 5.44. The summed E-state index contributed by atoms with van der Waals surface area (Å²) in [5.74, 6) is -0.276. The van der Waals surface area contributed by atoms with Crippen LogP contribution in [0.25, 0.3) is 0 Å². The fourth-order valence-electron chi connectivity index (χ4n) is 3.20. The number of rotatable bonds is 16. The van der Waals surface area contributed by atoms with Crippen molar-refractivity contribution >= 4 is 11.9 Å². The van der Waals surface area contributed by atoms with Crippen molar-refractivity contribution in [3.05, 3.63) is 35.4 Å². The standard InChI is InChI=1S/C25H40O4/c1-4-7-8-9-10-11-12-13-14-19-28-24(26)22-15-17-23(18-16-22)25(27)29-20-21(5-2)6-3/h15-18,21H,4-14,19-20H2,1-3H3. The Bertz CT molecular complexity index is 561. The van der Waals surface area contributed by atoms with Crippen LogP contribution in [0.15, 0.2) is 24.3 Å². The van der Waals surface area contributed by atoms with Crippen LogP contribution in [0.1, 0.15) is 112 Å². The van der Waals surface area contributed by atoms with Gasteiger partial charge in [-0.2, -0.15) is 0 Å². The first-order chi connectivity index (χ1) is 14.1. The molecule has 164 valence electrons. The van der Waals surface area contributed by atoms with E-state index in [1.165, 1.54) is 44.9 Å². The Hall–Kier alpha value is -1.84. The molecule has 0 aliphatic carbocycles. The molecular formula is C25H40O4. The molecule has 0 fully saturated rings. The molecule has 0 bridgehead atoms. The van der Waals surface area contributed by atoms with E-state index < -0.39 is 0 Å². The number of unbranched alkanes of at least 4 members (excludes halogenated alkanes) is 8. The fraction of sp³-hybridized carbons (Fsp3) is 0.680. The van der Waals surface area contributed by atoms with Gasteiger partial charge < -0.3 is 9.47 Å². The Balaban J connectivity index is 2.21. The molecule has 0 saturated carbocycles. The lowest BCUT2D eigenvalue weighted by Gasteiger charge is -2.12. The minimum atomic E-state index is -0.341.